The maximum atomic E-state index is 9.37. The fourth-order valence-corrected chi connectivity index (χ4v) is 2.82. The molecule has 0 fully saturated rings. The number of tetrazole rings is 1. The van der Waals surface area contributed by atoms with Gasteiger partial charge in [-0.2, -0.15) is 9.94 Å². The van der Waals surface area contributed by atoms with Crippen molar-refractivity contribution in [1.82, 2.24) is 25.2 Å². The van der Waals surface area contributed by atoms with Crippen molar-refractivity contribution in [2.24, 2.45) is 0 Å². The number of hydrogen-bond acceptors (Lipinski definition) is 7. The van der Waals surface area contributed by atoms with Crippen LogP contribution in [0, 0.1) is 11.3 Å². The molecule has 4 rings (SSSR count). The summed E-state index contributed by atoms with van der Waals surface area (Å²) in [5.41, 5.74) is 3.03. The Hall–Kier alpha value is -3.99. The van der Waals surface area contributed by atoms with E-state index in [1.54, 1.807) is 10.9 Å². The number of nitrogens with one attached hydrogen (secondary N) is 2. The van der Waals surface area contributed by atoms with Gasteiger partial charge in [-0.25, -0.2) is 0 Å². The fourth-order valence-electron chi connectivity index (χ4n) is 2.82. The zero-order valence-corrected chi connectivity index (χ0v) is 14.4. The first kappa shape index (κ1) is 16.5. The van der Waals surface area contributed by atoms with E-state index in [-0.39, 0.29) is 0 Å². The first-order valence-corrected chi connectivity index (χ1v) is 8.46. The lowest BCUT2D eigenvalue weighted by atomic mass is 10.1. The van der Waals surface area contributed by atoms with Crippen LogP contribution < -0.4 is 10.6 Å². The number of nitriles is 1. The van der Waals surface area contributed by atoms with E-state index in [1.165, 1.54) is 0 Å². The summed E-state index contributed by atoms with van der Waals surface area (Å²) in [5, 5.41) is 28.6. The second-order valence-electron chi connectivity index (χ2n) is 5.78. The van der Waals surface area contributed by atoms with Crippen molar-refractivity contribution in [3.63, 3.8) is 0 Å². The molecule has 0 atom stereocenters. The molecule has 27 heavy (non-hydrogen) atoms. The second-order valence-corrected chi connectivity index (χ2v) is 5.78. The van der Waals surface area contributed by atoms with Crippen molar-refractivity contribution in [2.45, 2.75) is 0 Å². The summed E-state index contributed by atoms with van der Waals surface area (Å²) in [6, 6.07) is 19.6. The fraction of sp³-hybridized carbons (Fsp3) is 0.105. The number of hydrogen-bond donors (Lipinski definition) is 2. The van der Waals surface area contributed by atoms with Gasteiger partial charge in [0, 0.05) is 24.7 Å². The summed E-state index contributed by atoms with van der Waals surface area (Å²) in [6.45, 7) is 1.17. The predicted molar refractivity (Wildman–Crippen MR) is 103 cm³/mol. The van der Waals surface area contributed by atoms with Gasteiger partial charge in [0.1, 0.15) is 6.07 Å². The molecule has 0 radical (unpaired) electrons. The van der Waals surface area contributed by atoms with E-state index in [0.717, 1.165) is 22.3 Å². The van der Waals surface area contributed by atoms with Crippen LogP contribution in [0.4, 0.5) is 11.6 Å². The molecule has 0 amide bonds. The SMILES string of the molecule is N#Cc1cnc2ccccc2c1NCCNc1nnnn1-c1ccccc1. The first-order chi connectivity index (χ1) is 13.4. The number of fused-ring (bicyclic) bond motifs is 1. The predicted octanol–water partition coefficient (Wildman–Crippen LogP) is 2.61. The average Bonchev–Trinajstić information content (AvgIpc) is 3.20. The van der Waals surface area contributed by atoms with Crippen LogP contribution in [0.15, 0.2) is 60.8 Å². The van der Waals surface area contributed by atoms with E-state index in [1.807, 2.05) is 54.6 Å². The monoisotopic (exact) mass is 356 g/mol. The van der Waals surface area contributed by atoms with Crippen molar-refractivity contribution in [1.29, 1.82) is 5.26 Å². The average molecular weight is 356 g/mol. The molecule has 2 N–H and O–H groups in total. The van der Waals surface area contributed by atoms with Gasteiger partial charge < -0.3 is 10.6 Å². The van der Waals surface area contributed by atoms with E-state index in [0.29, 0.717) is 24.6 Å². The number of pyridine rings is 1. The van der Waals surface area contributed by atoms with Crippen LogP contribution in [-0.2, 0) is 0 Å². The Kier molecular flexibility index (Phi) is 4.57. The molecule has 8 heteroatoms. The molecule has 4 aromatic rings. The molecule has 0 spiro atoms. The van der Waals surface area contributed by atoms with Crippen LogP contribution >= 0.6 is 0 Å². The number of benzene rings is 2. The topological polar surface area (TPSA) is 104 Å². The molecule has 0 aliphatic heterocycles. The minimum atomic E-state index is 0.516. The van der Waals surface area contributed by atoms with Crippen molar-refractivity contribution >= 4 is 22.5 Å². The van der Waals surface area contributed by atoms with Gasteiger partial charge in [-0.15, -0.1) is 0 Å². The Balaban J connectivity index is 1.46. The summed E-state index contributed by atoms with van der Waals surface area (Å²) in [5.74, 6) is 0.558. The summed E-state index contributed by atoms with van der Waals surface area (Å²) in [6.07, 6.45) is 1.59. The van der Waals surface area contributed by atoms with Gasteiger partial charge in [-0.1, -0.05) is 41.5 Å². The maximum Gasteiger partial charge on any atom is 0.247 e. The smallest absolute Gasteiger partial charge is 0.247 e. The number of rotatable bonds is 6. The van der Waals surface area contributed by atoms with Gasteiger partial charge in [0.25, 0.3) is 0 Å². The third-order valence-electron chi connectivity index (χ3n) is 4.08. The Bertz CT molecular complexity index is 1100. The molecule has 0 unspecified atom stereocenters. The highest BCUT2D eigenvalue weighted by Gasteiger charge is 2.09. The molecular formula is C19H16N8. The molecule has 2 aromatic carbocycles. The van der Waals surface area contributed by atoms with Crippen molar-refractivity contribution in [3.05, 3.63) is 66.4 Å². The second kappa shape index (κ2) is 7.49. The summed E-state index contributed by atoms with van der Waals surface area (Å²) in [4.78, 5) is 4.32. The number of anilines is 2. The van der Waals surface area contributed by atoms with Gasteiger partial charge in [0.05, 0.1) is 22.5 Å². The quantitative estimate of drug-likeness (QED) is 0.512. The van der Waals surface area contributed by atoms with Crippen LogP contribution in [0.25, 0.3) is 16.6 Å². The largest absolute Gasteiger partial charge is 0.382 e. The van der Waals surface area contributed by atoms with Crippen molar-refractivity contribution < 1.29 is 0 Å². The summed E-state index contributed by atoms with van der Waals surface area (Å²) < 4.78 is 1.64. The molecular weight excluding hydrogens is 340 g/mol. The van der Waals surface area contributed by atoms with E-state index >= 15 is 0 Å². The Morgan fingerprint density at radius 3 is 2.59 bits per heavy atom. The maximum absolute atomic E-state index is 9.37. The van der Waals surface area contributed by atoms with Crippen LogP contribution in [-0.4, -0.2) is 38.3 Å². The lowest BCUT2D eigenvalue weighted by Crippen LogP contribution is -2.17. The summed E-state index contributed by atoms with van der Waals surface area (Å²) >= 11 is 0. The standard InChI is InChI=1S/C19H16N8/c20-12-14-13-23-17-9-5-4-8-16(17)18(14)21-10-11-22-19-24-25-26-27(19)15-6-2-1-3-7-15/h1-9,13H,10-11H2,(H,21,23)(H,22,24,26). The number of nitrogens with zero attached hydrogens (tertiary/aromatic N) is 6. The van der Waals surface area contributed by atoms with Gasteiger partial charge in [0.2, 0.25) is 5.95 Å². The van der Waals surface area contributed by atoms with Gasteiger partial charge in [-0.05, 0) is 28.6 Å². The molecule has 2 aromatic heterocycles. The van der Waals surface area contributed by atoms with Crippen LogP contribution in [0.1, 0.15) is 5.56 Å². The molecule has 0 saturated carbocycles. The zero-order chi connectivity index (χ0) is 18.5. The van der Waals surface area contributed by atoms with Crippen molar-refractivity contribution in [3.8, 4) is 11.8 Å². The van der Waals surface area contributed by atoms with E-state index in [2.05, 4.69) is 37.2 Å². The summed E-state index contributed by atoms with van der Waals surface area (Å²) in [7, 11) is 0. The molecule has 0 aliphatic carbocycles. The molecule has 0 saturated heterocycles. The lowest BCUT2D eigenvalue weighted by Gasteiger charge is -2.12. The highest BCUT2D eigenvalue weighted by molar-refractivity contribution is 5.93. The van der Waals surface area contributed by atoms with E-state index in [9.17, 15) is 5.26 Å². The van der Waals surface area contributed by atoms with E-state index in [4.69, 9.17) is 0 Å². The number of para-hydroxylation sites is 2. The lowest BCUT2D eigenvalue weighted by molar-refractivity contribution is 0.789. The minimum absolute atomic E-state index is 0.516. The molecule has 8 nitrogen and oxygen atoms in total. The first-order valence-electron chi connectivity index (χ1n) is 8.46. The van der Waals surface area contributed by atoms with Gasteiger partial charge in [-0.3, -0.25) is 4.98 Å². The zero-order valence-electron chi connectivity index (χ0n) is 14.4. The normalized spacial score (nSPS) is 10.5. The Labute approximate surface area is 155 Å². The van der Waals surface area contributed by atoms with Crippen LogP contribution in [0.2, 0.25) is 0 Å². The molecule has 0 bridgehead atoms. The highest BCUT2D eigenvalue weighted by Crippen LogP contribution is 2.25. The van der Waals surface area contributed by atoms with Gasteiger partial charge >= 0.3 is 0 Å². The van der Waals surface area contributed by atoms with Gasteiger partial charge in [0.15, 0.2) is 0 Å². The third-order valence-corrected chi connectivity index (χ3v) is 4.08. The molecule has 0 aliphatic rings. The molecule has 2 heterocycles. The third kappa shape index (κ3) is 3.39. The van der Waals surface area contributed by atoms with Crippen molar-refractivity contribution in [2.75, 3.05) is 23.7 Å². The Morgan fingerprint density at radius 1 is 0.963 bits per heavy atom. The van der Waals surface area contributed by atoms with Crippen LogP contribution in [0.5, 0.6) is 0 Å². The van der Waals surface area contributed by atoms with E-state index < -0.39 is 0 Å². The minimum Gasteiger partial charge on any atom is -0.382 e. The number of aromatic nitrogens is 5. The Morgan fingerprint density at radius 2 is 1.74 bits per heavy atom. The highest BCUT2D eigenvalue weighted by atomic mass is 15.6. The van der Waals surface area contributed by atoms with Crippen LogP contribution in [0.3, 0.4) is 0 Å². The molecule has 132 valence electrons.